The van der Waals surface area contributed by atoms with Gasteiger partial charge in [0.1, 0.15) is 91.6 Å². The van der Waals surface area contributed by atoms with Crippen molar-refractivity contribution in [2.24, 2.45) is 52.3 Å². The molecule has 4 aliphatic carbocycles. The van der Waals surface area contributed by atoms with E-state index >= 15 is 0 Å². The predicted octanol–water partition coefficient (Wildman–Crippen LogP) is -2.27. The van der Waals surface area contributed by atoms with E-state index in [1.807, 2.05) is 0 Å². The third-order valence-corrected chi connectivity index (χ3v) is 20.0. The number of hydrogen-bond donors (Lipinski definition) is 12. The van der Waals surface area contributed by atoms with Crippen molar-refractivity contribution in [2.45, 2.75) is 227 Å². The van der Waals surface area contributed by atoms with E-state index in [9.17, 15) is 61.3 Å². The highest BCUT2D eigenvalue weighted by molar-refractivity contribution is 5.15. The number of rotatable bonds is 11. The van der Waals surface area contributed by atoms with Gasteiger partial charge in [-0.1, -0.05) is 27.7 Å². The minimum absolute atomic E-state index is 0.0109. The first kappa shape index (κ1) is 54.5. The van der Waals surface area contributed by atoms with Gasteiger partial charge in [0.15, 0.2) is 30.9 Å². The van der Waals surface area contributed by atoms with Gasteiger partial charge in [0.05, 0.1) is 45.2 Å². The molecule has 22 nitrogen and oxygen atoms in total. The first-order chi connectivity index (χ1) is 34.2. The van der Waals surface area contributed by atoms with Crippen molar-refractivity contribution in [3.8, 4) is 0 Å². The molecule has 6 heterocycles. The topological polar surface area (TPSA) is 335 Å². The summed E-state index contributed by atoms with van der Waals surface area (Å²) >= 11 is 0. The minimum atomic E-state index is -1.90. The largest absolute Gasteiger partial charge is 0.394 e. The average Bonchev–Trinajstić information content (AvgIpc) is 3.81. The summed E-state index contributed by atoms with van der Waals surface area (Å²) in [7, 11) is 0. The van der Waals surface area contributed by atoms with Crippen LogP contribution in [0.15, 0.2) is 0 Å². The van der Waals surface area contributed by atoms with Crippen LogP contribution in [0.4, 0.5) is 0 Å². The monoisotopic (exact) mass is 1030 g/mol. The number of aliphatic hydroxyl groups excluding tert-OH is 12. The summed E-state index contributed by atoms with van der Waals surface area (Å²) < 4.78 is 62.1. The molecule has 0 aromatic carbocycles. The Labute approximate surface area is 419 Å². The maximum absolute atomic E-state index is 12.4. The molecule has 414 valence electrons. The van der Waals surface area contributed by atoms with Gasteiger partial charge in [-0.15, -0.1) is 0 Å². The Bertz CT molecular complexity index is 1820. The van der Waals surface area contributed by atoms with Crippen molar-refractivity contribution >= 4 is 0 Å². The van der Waals surface area contributed by atoms with Crippen molar-refractivity contribution in [1.82, 2.24) is 0 Å². The molecule has 1 spiro atoms. The fourth-order valence-electron chi connectivity index (χ4n) is 15.8. The minimum Gasteiger partial charge on any atom is -0.394 e. The zero-order valence-corrected chi connectivity index (χ0v) is 41.7. The highest BCUT2D eigenvalue weighted by Crippen LogP contribution is 2.71. The zero-order chi connectivity index (χ0) is 51.3. The summed E-state index contributed by atoms with van der Waals surface area (Å²) in [6, 6.07) is 0. The Hall–Kier alpha value is -0.880. The summed E-state index contributed by atoms with van der Waals surface area (Å²) in [5, 5.41) is 128. The van der Waals surface area contributed by atoms with Crippen LogP contribution in [0.25, 0.3) is 0 Å². The molecule has 10 rings (SSSR count). The Morgan fingerprint density at radius 3 is 1.86 bits per heavy atom. The standard InChI is InChI=1S/C50H82O22/c1-20-7-12-50(65-17-20)21(2)32-28(72-50)14-26-24-6-5-22-13-23(8-10-48(22,3)25(24)9-11-49(26,32)4)66-47-43(71-46-40(61)37(58)35(56)30(16-52)68-46)41(62)42(70-45-38(59)33(54)27(53)18-63-45)31(69-47)19-64-44-39(60)36(57)34(55)29(15-51)67-44/h20-47,51-62H,5-19H2,1-4H3/t20-,21-,22+,23-,24+,25-,26-,27-,28-,29+,30+,31+,32-,33-,34-,35-,36-,37-,38+,39+,40+,41-,42-,43+,44+,45-,46-,47+,48-,49-,50+/m0/s1. The SMILES string of the molecule is C[C@H]1CC[C@@]2(OC1)O[C@H]1C[C@H]3[C@@H]4CC[C@@H]5C[C@@H](O[C@@H]6O[C@H](CO[C@@H]7O[C@H](CO)[C@H](O)[C@H](O)[C@H]7O)[C@H](O[C@@H]7OC[C@H](O)[C@H](O)[C@H]7O)[C@H](O)[C@H]6O[C@@H]6O[C@H](CO)[C@H](O)[C@H](O)[C@H]6O)CC[C@]5(C)[C@H]4CC[C@]3(C)[C@H]1[C@@H]2C. The molecule has 0 bridgehead atoms. The Balaban J connectivity index is 0.884. The Morgan fingerprint density at radius 2 is 1.18 bits per heavy atom. The third kappa shape index (κ3) is 9.36. The number of aliphatic hydroxyl groups is 12. The quantitative estimate of drug-likeness (QED) is 0.0971. The van der Waals surface area contributed by atoms with E-state index in [0.717, 1.165) is 58.0 Å². The van der Waals surface area contributed by atoms with E-state index in [1.165, 1.54) is 0 Å². The fraction of sp³-hybridized carbons (Fsp3) is 1.00. The molecule has 0 aromatic heterocycles. The molecule has 10 fully saturated rings. The van der Waals surface area contributed by atoms with Gasteiger partial charge < -0.3 is 109 Å². The van der Waals surface area contributed by atoms with Crippen LogP contribution in [0.3, 0.4) is 0 Å². The van der Waals surface area contributed by atoms with Crippen LogP contribution in [0.2, 0.25) is 0 Å². The number of ether oxygens (including phenoxy) is 10. The summed E-state index contributed by atoms with van der Waals surface area (Å²) in [5.41, 5.74) is 0.170. The summed E-state index contributed by atoms with van der Waals surface area (Å²) in [6.45, 7) is 7.75. The Kier molecular flexibility index (Phi) is 15.9. The molecule has 31 atom stereocenters. The molecular formula is C50H82O22. The molecule has 22 heteroatoms. The highest BCUT2D eigenvalue weighted by Gasteiger charge is 2.69. The van der Waals surface area contributed by atoms with Crippen LogP contribution in [0, 0.1) is 52.3 Å². The van der Waals surface area contributed by atoms with Crippen LogP contribution >= 0.6 is 0 Å². The summed E-state index contributed by atoms with van der Waals surface area (Å²) in [5.74, 6) is 2.71. The van der Waals surface area contributed by atoms with Gasteiger partial charge in [-0.05, 0) is 104 Å². The maximum Gasteiger partial charge on any atom is 0.187 e. The van der Waals surface area contributed by atoms with Gasteiger partial charge >= 0.3 is 0 Å². The molecule has 12 N–H and O–H groups in total. The fourth-order valence-corrected chi connectivity index (χ4v) is 15.8. The number of hydrogen-bond acceptors (Lipinski definition) is 22. The molecule has 4 saturated carbocycles. The normalized spacial score (nSPS) is 57.8. The van der Waals surface area contributed by atoms with Gasteiger partial charge in [-0.25, -0.2) is 0 Å². The number of fused-ring (bicyclic) bond motifs is 7. The van der Waals surface area contributed by atoms with Crippen LogP contribution in [-0.2, 0) is 47.4 Å². The van der Waals surface area contributed by atoms with Gasteiger partial charge in [-0.2, -0.15) is 0 Å². The van der Waals surface area contributed by atoms with E-state index in [1.54, 1.807) is 0 Å². The van der Waals surface area contributed by atoms with E-state index in [4.69, 9.17) is 47.4 Å². The van der Waals surface area contributed by atoms with Crippen LogP contribution in [-0.4, -0.2) is 229 Å². The molecule has 0 radical (unpaired) electrons. The second-order valence-corrected chi connectivity index (χ2v) is 23.9. The molecule has 0 amide bonds. The van der Waals surface area contributed by atoms with Crippen LogP contribution < -0.4 is 0 Å². The van der Waals surface area contributed by atoms with E-state index in [2.05, 4.69) is 27.7 Å². The second kappa shape index (κ2) is 21.1. The molecule has 6 aliphatic heterocycles. The van der Waals surface area contributed by atoms with Crippen molar-refractivity contribution < 1.29 is 109 Å². The van der Waals surface area contributed by atoms with Crippen molar-refractivity contribution in [3.63, 3.8) is 0 Å². The Morgan fingerprint density at radius 1 is 0.542 bits per heavy atom. The predicted molar refractivity (Wildman–Crippen MR) is 242 cm³/mol. The highest BCUT2D eigenvalue weighted by atomic mass is 16.8. The van der Waals surface area contributed by atoms with Crippen molar-refractivity contribution in [3.05, 3.63) is 0 Å². The molecule has 0 unspecified atom stereocenters. The van der Waals surface area contributed by atoms with Crippen molar-refractivity contribution in [2.75, 3.05) is 33.0 Å². The van der Waals surface area contributed by atoms with Gasteiger partial charge in [0, 0.05) is 12.3 Å². The lowest BCUT2D eigenvalue weighted by molar-refractivity contribution is -0.392. The zero-order valence-electron chi connectivity index (χ0n) is 41.7. The van der Waals surface area contributed by atoms with Gasteiger partial charge in [0.2, 0.25) is 0 Å². The van der Waals surface area contributed by atoms with Gasteiger partial charge in [0.25, 0.3) is 0 Å². The first-order valence-corrected chi connectivity index (χ1v) is 26.7. The van der Waals surface area contributed by atoms with E-state index < -0.39 is 155 Å². The van der Waals surface area contributed by atoms with Crippen molar-refractivity contribution in [1.29, 1.82) is 0 Å². The van der Waals surface area contributed by atoms with Crippen LogP contribution in [0.5, 0.6) is 0 Å². The maximum atomic E-state index is 12.4. The lowest BCUT2D eigenvalue weighted by Gasteiger charge is -2.61. The summed E-state index contributed by atoms with van der Waals surface area (Å²) in [6.07, 6.45) is -22.4. The lowest BCUT2D eigenvalue weighted by Crippen LogP contribution is -2.67. The second-order valence-electron chi connectivity index (χ2n) is 23.9. The summed E-state index contributed by atoms with van der Waals surface area (Å²) in [4.78, 5) is 0. The lowest BCUT2D eigenvalue weighted by atomic mass is 9.44. The van der Waals surface area contributed by atoms with E-state index in [0.29, 0.717) is 48.3 Å². The third-order valence-electron chi connectivity index (χ3n) is 20.0. The molecular weight excluding hydrogens is 953 g/mol. The van der Waals surface area contributed by atoms with Crippen LogP contribution in [0.1, 0.15) is 91.9 Å². The van der Waals surface area contributed by atoms with Gasteiger partial charge in [-0.3, -0.25) is 0 Å². The first-order valence-electron chi connectivity index (χ1n) is 26.7. The smallest absolute Gasteiger partial charge is 0.187 e. The molecule has 6 saturated heterocycles. The molecule has 72 heavy (non-hydrogen) atoms. The molecule has 0 aromatic rings. The molecule has 10 aliphatic rings. The average molecular weight is 1040 g/mol. The van der Waals surface area contributed by atoms with E-state index in [-0.39, 0.29) is 22.9 Å².